The summed E-state index contributed by atoms with van der Waals surface area (Å²) in [6, 6.07) is 0.756. The fourth-order valence-corrected chi connectivity index (χ4v) is 2.48. The minimum absolute atomic E-state index is 0.200. The van der Waals surface area contributed by atoms with Crippen LogP contribution >= 0.6 is 0 Å². The van der Waals surface area contributed by atoms with E-state index < -0.39 is 5.60 Å². The fraction of sp³-hybridized carbons (Fsp3) is 0.765. The van der Waals surface area contributed by atoms with E-state index in [2.05, 4.69) is 28.7 Å². The van der Waals surface area contributed by atoms with Crippen LogP contribution < -0.4 is 5.32 Å². The predicted molar refractivity (Wildman–Crippen MR) is 90.3 cm³/mol. The number of rotatable bonds is 7. The van der Waals surface area contributed by atoms with Gasteiger partial charge in [-0.1, -0.05) is 0 Å². The van der Waals surface area contributed by atoms with Crippen LogP contribution in [0.15, 0.2) is 12.5 Å². The standard InChI is InChI=1S/C17H30N4O2/c1-13(2)21-12-19-11-15(21)10-18-8-9-20(14-6-7-14)16(22)23-17(3,4)5/h11-14,18H,6-10H2,1-5H3. The lowest BCUT2D eigenvalue weighted by Gasteiger charge is -2.27. The van der Waals surface area contributed by atoms with Gasteiger partial charge in [0.15, 0.2) is 0 Å². The van der Waals surface area contributed by atoms with Crippen molar-refractivity contribution in [1.29, 1.82) is 0 Å². The normalized spacial score (nSPS) is 15.0. The Morgan fingerprint density at radius 1 is 1.48 bits per heavy atom. The van der Waals surface area contributed by atoms with Crippen LogP contribution in [0.4, 0.5) is 4.79 Å². The number of nitrogens with one attached hydrogen (secondary N) is 1. The summed E-state index contributed by atoms with van der Waals surface area (Å²) in [6.45, 7) is 12.2. The number of aromatic nitrogens is 2. The minimum atomic E-state index is -0.443. The first-order valence-electron chi connectivity index (χ1n) is 8.49. The molecule has 23 heavy (non-hydrogen) atoms. The molecule has 1 heterocycles. The molecule has 1 N–H and O–H groups in total. The first-order chi connectivity index (χ1) is 10.8. The van der Waals surface area contributed by atoms with Crippen LogP contribution in [0.2, 0.25) is 0 Å². The molecule has 0 radical (unpaired) electrons. The minimum Gasteiger partial charge on any atom is -0.444 e. The monoisotopic (exact) mass is 322 g/mol. The molecule has 130 valence electrons. The summed E-state index contributed by atoms with van der Waals surface area (Å²) in [4.78, 5) is 18.3. The molecule has 1 aromatic rings. The second kappa shape index (κ2) is 7.34. The van der Waals surface area contributed by atoms with E-state index in [9.17, 15) is 4.79 Å². The maximum absolute atomic E-state index is 12.3. The summed E-state index contributed by atoms with van der Waals surface area (Å²) < 4.78 is 7.65. The van der Waals surface area contributed by atoms with Crippen molar-refractivity contribution >= 4 is 6.09 Å². The van der Waals surface area contributed by atoms with Gasteiger partial charge in [-0.2, -0.15) is 0 Å². The van der Waals surface area contributed by atoms with Gasteiger partial charge in [-0.3, -0.25) is 0 Å². The third-order valence-corrected chi connectivity index (χ3v) is 3.75. The molecular formula is C17H30N4O2. The van der Waals surface area contributed by atoms with Crippen molar-refractivity contribution in [2.75, 3.05) is 13.1 Å². The molecule has 0 unspecified atom stereocenters. The van der Waals surface area contributed by atoms with Crippen LogP contribution in [-0.2, 0) is 11.3 Å². The fourth-order valence-electron chi connectivity index (χ4n) is 2.48. The molecule has 0 aliphatic heterocycles. The average molecular weight is 322 g/mol. The quantitative estimate of drug-likeness (QED) is 0.784. The van der Waals surface area contributed by atoms with E-state index >= 15 is 0 Å². The first-order valence-corrected chi connectivity index (χ1v) is 8.49. The van der Waals surface area contributed by atoms with Crippen molar-refractivity contribution in [3.63, 3.8) is 0 Å². The van der Waals surface area contributed by atoms with E-state index in [0.717, 1.165) is 31.6 Å². The van der Waals surface area contributed by atoms with Gasteiger partial charge in [0.2, 0.25) is 0 Å². The zero-order chi connectivity index (χ0) is 17.0. The zero-order valence-electron chi connectivity index (χ0n) is 15.0. The number of carbonyl (C=O) groups excluding carboxylic acids is 1. The van der Waals surface area contributed by atoms with Crippen molar-refractivity contribution in [2.24, 2.45) is 0 Å². The van der Waals surface area contributed by atoms with Gasteiger partial charge in [0.05, 0.1) is 12.0 Å². The molecule has 1 aliphatic rings. The molecule has 1 fully saturated rings. The summed E-state index contributed by atoms with van der Waals surface area (Å²) >= 11 is 0. The topological polar surface area (TPSA) is 59.4 Å². The van der Waals surface area contributed by atoms with E-state index in [1.54, 1.807) is 0 Å². The molecule has 0 aromatic carbocycles. The maximum Gasteiger partial charge on any atom is 0.410 e. The van der Waals surface area contributed by atoms with Gasteiger partial charge < -0.3 is 19.5 Å². The molecule has 6 heteroatoms. The molecular weight excluding hydrogens is 292 g/mol. The largest absolute Gasteiger partial charge is 0.444 e. The molecule has 1 amide bonds. The third-order valence-electron chi connectivity index (χ3n) is 3.75. The Balaban J connectivity index is 1.79. The van der Waals surface area contributed by atoms with Crippen molar-refractivity contribution in [3.8, 4) is 0 Å². The zero-order valence-corrected chi connectivity index (χ0v) is 15.0. The molecule has 6 nitrogen and oxygen atoms in total. The van der Waals surface area contributed by atoms with Gasteiger partial charge in [0, 0.05) is 37.9 Å². The molecule has 1 aromatic heterocycles. The maximum atomic E-state index is 12.3. The number of imidazole rings is 1. The van der Waals surface area contributed by atoms with Gasteiger partial charge in [-0.05, 0) is 47.5 Å². The average Bonchev–Trinajstić information content (AvgIpc) is 3.13. The number of carbonyl (C=O) groups is 1. The molecule has 0 saturated heterocycles. The second-order valence-electron chi connectivity index (χ2n) is 7.47. The summed E-state index contributed by atoms with van der Waals surface area (Å²) in [6.07, 6.45) is 5.71. The Morgan fingerprint density at radius 3 is 2.74 bits per heavy atom. The van der Waals surface area contributed by atoms with Gasteiger partial charge in [-0.15, -0.1) is 0 Å². The lowest BCUT2D eigenvalue weighted by Crippen LogP contribution is -2.41. The molecule has 1 saturated carbocycles. The SMILES string of the molecule is CC(C)n1cncc1CNCCN(C(=O)OC(C)(C)C)C1CC1. The van der Waals surface area contributed by atoms with E-state index in [0.29, 0.717) is 18.6 Å². The van der Waals surface area contributed by atoms with Crippen LogP contribution in [0.25, 0.3) is 0 Å². The van der Waals surface area contributed by atoms with Gasteiger partial charge in [-0.25, -0.2) is 9.78 Å². The summed E-state index contributed by atoms with van der Waals surface area (Å²) in [7, 11) is 0. The highest BCUT2D eigenvalue weighted by Crippen LogP contribution is 2.28. The summed E-state index contributed by atoms with van der Waals surface area (Å²) in [5.41, 5.74) is 0.719. The second-order valence-corrected chi connectivity index (χ2v) is 7.47. The summed E-state index contributed by atoms with van der Waals surface area (Å²) in [5, 5.41) is 3.40. The lowest BCUT2D eigenvalue weighted by molar-refractivity contribution is 0.0236. The smallest absolute Gasteiger partial charge is 0.410 e. The lowest BCUT2D eigenvalue weighted by atomic mass is 10.2. The number of amides is 1. The van der Waals surface area contributed by atoms with Crippen molar-refractivity contribution in [2.45, 2.75) is 71.7 Å². The van der Waals surface area contributed by atoms with Crippen molar-refractivity contribution < 1.29 is 9.53 Å². The van der Waals surface area contributed by atoms with Crippen molar-refractivity contribution in [3.05, 3.63) is 18.2 Å². The number of hydrogen-bond acceptors (Lipinski definition) is 4. The highest BCUT2D eigenvalue weighted by molar-refractivity contribution is 5.69. The van der Waals surface area contributed by atoms with Crippen LogP contribution in [-0.4, -0.2) is 45.3 Å². The summed E-state index contributed by atoms with van der Waals surface area (Å²) in [5.74, 6) is 0. The molecule has 0 spiro atoms. The Labute approximate surface area is 139 Å². The van der Waals surface area contributed by atoms with Crippen LogP contribution in [0.3, 0.4) is 0 Å². The molecule has 2 rings (SSSR count). The molecule has 0 bridgehead atoms. The van der Waals surface area contributed by atoms with Gasteiger partial charge in [0.25, 0.3) is 0 Å². The highest BCUT2D eigenvalue weighted by Gasteiger charge is 2.34. The van der Waals surface area contributed by atoms with Gasteiger partial charge >= 0.3 is 6.09 Å². The third kappa shape index (κ3) is 5.53. The Morgan fingerprint density at radius 2 is 2.17 bits per heavy atom. The first kappa shape index (κ1) is 17.8. The van der Waals surface area contributed by atoms with E-state index in [1.807, 2.05) is 38.2 Å². The van der Waals surface area contributed by atoms with Gasteiger partial charge in [0.1, 0.15) is 5.60 Å². The predicted octanol–water partition coefficient (Wildman–Crippen LogP) is 2.95. The molecule has 1 aliphatic carbocycles. The number of hydrogen-bond donors (Lipinski definition) is 1. The van der Waals surface area contributed by atoms with E-state index in [1.165, 1.54) is 0 Å². The van der Waals surface area contributed by atoms with Crippen LogP contribution in [0.5, 0.6) is 0 Å². The number of nitrogens with zero attached hydrogens (tertiary/aromatic N) is 3. The Hall–Kier alpha value is -1.56. The van der Waals surface area contributed by atoms with Crippen molar-refractivity contribution in [1.82, 2.24) is 19.8 Å². The number of ether oxygens (including phenoxy) is 1. The molecule has 0 atom stereocenters. The Bertz CT molecular complexity index is 515. The van der Waals surface area contributed by atoms with Crippen LogP contribution in [0.1, 0.15) is 59.2 Å². The van der Waals surface area contributed by atoms with E-state index in [4.69, 9.17) is 4.74 Å². The Kier molecular flexibility index (Phi) is 5.68. The van der Waals surface area contributed by atoms with Crippen LogP contribution in [0, 0.1) is 0 Å². The highest BCUT2D eigenvalue weighted by atomic mass is 16.6. The van der Waals surface area contributed by atoms with E-state index in [-0.39, 0.29) is 6.09 Å².